The summed E-state index contributed by atoms with van der Waals surface area (Å²) < 4.78 is 11.6. The van der Waals surface area contributed by atoms with E-state index in [0.29, 0.717) is 33.6 Å². The normalized spacial score (nSPS) is 16.1. The number of ketones is 1. The first-order valence-electron chi connectivity index (χ1n) is 10.1. The summed E-state index contributed by atoms with van der Waals surface area (Å²) in [4.78, 5) is 32.4. The van der Waals surface area contributed by atoms with Crippen LogP contribution in [0, 0.1) is 0 Å². The molecular formula is C24H17ClN2O5S. The summed E-state index contributed by atoms with van der Waals surface area (Å²) in [5.74, 6) is -1.24. The zero-order valence-electron chi connectivity index (χ0n) is 17.3. The van der Waals surface area contributed by atoms with Crippen molar-refractivity contribution in [3.05, 3.63) is 88.5 Å². The number of thiazole rings is 1. The molecule has 2 aromatic carbocycles. The number of aliphatic hydroxyl groups excluding tert-OH is 1. The van der Waals surface area contributed by atoms with Gasteiger partial charge in [0.15, 0.2) is 16.7 Å². The van der Waals surface area contributed by atoms with Gasteiger partial charge in [0.2, 0.25) is 5.78 Å². The average Bonchev–Trinajstić information content (AvgIpc) is 3.52. The van der Waals surface area contributed by atoms with Crippen molar-refractivity contribution in [2.24, 2.45) is 0 Å². The second-order valence-corrected chi connectivity index (χ2v) is 8.71. The van der Waals surface area contributed by atoms with Gasteiger partial charge in [0, 0.05) is 5.02 Å². The van der Waals surface area contributed by atoms with Crippen LogP contribution in [-0.2, 0) is 4.79 Å². The zero-order valence-corrected chi connectivity index (χ0v) is 18.9. The molecule has 33 heavy (non-hydrogen) atoms. The summed E-state index contributed by atoms with van der Waals surface area (Å²) in [6.45, 7) is 2.42. The number of aliphatic hydroxyl groups is 1. The topological polar surface area (TPSA) is 92.9 Å². The van der Waals surface area contributed by atoms with E-state index in [2.05, 4.69) is 4.98 Å². The highest BCUT2D eigenvalue weighted by molar-refractivity contribution is 7.22. The predicted octanol–water partition coefficient (Wildman–Crippen LogP) is 5.72. The average molecular weight is 481 g/mol. The van der Waals surface area contributed by atoms with Crippen LogP contribution in [-0.4, -0.2) is 28.4 Å². The van der Waals surface area contributed by atoms with Crippen LogP contribution < -0.4 is 9.64 Å². The lowest BCUT2D eigenvalue weighted by molar-refractivity contribution is -0.117. The molecule has 166 valence electrons. The highest BCUT2D eigenvalue weighted by Gasteiger charge is 2.46. The fraction of sp³-hybridized carbons (Fsp3) is 0.125. The number of carbonyl (C=O) groups is 2. The monoisotopic (exact) mass is 480 g/mol. The van der Waals surface area contributed by atoms with Crippen molar-refractivity contribution < 1.29 is 23.8 Å². The van der Waals surface area contributed by atoms with Gasteiger partial charge >= 0.3 is 0 Å². The maximum atomic E-state index is 13.2. The fourth-order valence-corrected chi connectivity index (χ4v) is 5.04. The quantitative estimate of drug-likeness (QED) is 0.354. The number of anilines is 1. The van der Waals surface area contributed by atoms with Crippen LogP contribution in [0.3, 0.4) is 0 Å². The van der Waals surface area contributed by atoms with Crippen LogP contribution in [0.15, 0.2) is 76.6 Å². The number of furan rings is 1. The number of halogens is 1. The lowest BCUT2D eigenvalue weighted by Crippen LogP contribution is -2.30. The van der Waals surface area contributed by atoms with Crippen LogP contribution in [0.2, 0.25) is 5.02 Å². The number of aromatic nitrogens is 1. The van der Waals surface area contributed by atoms with Gasteiger partial charge in [-0.3, -0.25) is 14.5 Å². The van der Waals surface area contributed by atoms with Crippen molar-refractivity contribution in [2.45, 2.75) is 13.0 Å². The molecule has 1 unspecified atom stereocenters. The van der Waals surface area contributed by atoms with E-state index in [9.17, 15) is 14.7 Å². The molecule has 4 aromatic rings. The third kappa shape index (κ3) is 3.67. The molecule has 0 radical (unpaired) electrons. The van der Waals surface area contributed by atoms with Gasteiger partial charge in [0.05, 0.1) is 34.7 Å². The maximum Gasteiger partial charge on any atom is 0.296 e. The Morgan fingerprint density at radius 3 is 2.82 bits per heavy atom. The lowest BCUT2D eigenvalue weighted by atomic mass is 9.95. The number of amides is 1. The van der Waals surface area contributed by atoms with Gasteiger partial charge in [-0.25, -0.2) is 4.98 Å². The largest absolute Gasteiger partial charge is 0.503 e. The molecule has 1 atom stereocenters. The van der Waals surface area contributed by atoms with Crippen LogP contribution in [0.1, 0.15) is 29.1 Å². The zero-order chi connectivity index (χ0) is 23.1. The molecule has 1 aliphatic rings. The van der Waals surface area contributed by atoms with Gasteiger partial charge in [-0.15, -0.1) is 0 Å². The molecule has 1 aliphatic heterocycles. The van der Waals surface area contributed by atoms with E-state index in [4.69, 9.17) is 20.8 Å². The van der Waals surface area contributed by atoms with Crippen LogP contribution in [0.25, 0.3) is 10.2 Å². The summed E-state index contributed by atoms with van der Waals surface area (Å²) in [5.41, 5.74) is 1.14. The van der Waals surface area contributed by atoms with Gasteiger partial charge < -0.3 is 14.3 Å². The van der Waals surface area contributed by atoms with Crippen molar-refractivity contribution in [2.75, 3.05) is 11.5 Å². The Bertz CT molecular complexity index is 1410. The second-order valence-electron chi connectivity index (χ2n) is 7.26. The number of carbonyl (C=O) groups excluding carboxylic acids is 2. The Balaban J connectivity index is 1.65. The standard InChI is InChI=1S/C24H17ClN2O5S/c1-2-31-15-8-9-16-18(12-15)33-24(26-16)27-20(13-5-3-6-14(25)11-13)19(22(29)23(27)30)21(28)17-7-4-10-32-17/h3-12,20,29H,2H2,1H3. The molecule has 1 amide bonds. The summed E-state index contributed by atoms with van der Waals surface area (Å²) >= 11 is 7.48. The van der Waals surface area contributed by atoms with Crippen molar-refractivity contribution >= 4 is 50.0 Å². The van der Waals surface area contributed by atoms with Gasteiger partial charge in [-0.05, 0) is 55.0 Å². The predicted molar refractivity (Wildman–Crippen MR) is 125 cm³/mol. The molecular weight excluding hydrogens is 464 g/mol. The Morgan fingerprint density at radius 2 is 2.09 bits per heavy atom. The Kier molecular flexibility index (Phi) is 5.39. The van der Waals surface area contributed by atoms with Crippen molar-refractivity contribution in [3.8, 4) is 5.75 Å². The Morgan fingerprint density at radius 1 is 1.24 bits per heavy atom. The summed E-state index contributed by atoms with van der Waals surface area (Å²) in [6.07, 6.45) is 1.36. The number of hydrogen-bond donors (Lipinski definition) is 1. The molecule has 0 saturated heterocycles. The molecule has 0 bridgehead atoms. The smallest absolute Gasteiger partial charge is 0.296 e. The number of fused-ring (bicyclic) bond motifs is 1. The van der Waals surface area contributed by atoms with Gasteiger partial charge in [0.1, 0.15) is 5.75 Å². The highest BCUT2D eigenvalue weighted by atomic mass is 35.5. The third-order valence-electron chi connectivity index (χ3n) is 5.23. The number of benzene rings is 2. The van der Waals surface area contributed by atoms with Crippen LogP contribution in [0.5, 0.6) is 5.75 Å². The number of rotatable bonds is 6. The Labute approximate surface area is 197 Å². The number of nitrogens with zero attached hydrogens (tertiary/aromatic N) is 2. The van der Waals surface area contributed by atoms with E-state index in [1.807, 2.05) is 13.0 Å². The van der Waals surface area contributed by atoms with E-state index >= 15 is 0 Å². The lowest BCUT2D eigenvalue weighted by Gasteiger charge is -2.24. The van der Waals surface area contributed by atoms with Crippen molar-refractivity contribution in [3.63, 3.8) is 0 Å². The second kappa shape index (κ2) is 8.38. The fourth-order valence-electron chi connectivity index (χ4n) is 3.82. The Hall–Kier alpha value is -3.62. The van der Waals surface area contributed by atoms with Crippen molar-refractivity contribution in [1.82, 2.24) is 4.98 Å². The highest BCUT2D eigenvalue weighted by Crippen LogP contribution is 2.44. The van der Waals surface area contributed by atoms with Crippen LogP contribution in [0.4, 0.5) is 5.13 Å². The van der Waals surface area contributed by atoms with E-state index in [-0.39, 0.29) is 11.3 Å². The molecule has 5 rings (SSSR count). The third-order valence-corrected chi connectivity index (χ3v) is 6.48. The first kappa shape index (κ1) is 21.2. The molecule has 0 fully saturated rings. The van der Waals surface area contributed by atoms with Gasteiger partial charge in [-0.1, -0.05) is 35.1 Å². The summed E-state index contributed by atoms with van der Waals surface area (Å²) in [6, 6.07) is 14.4. The molecule has 1 N–H and O–H groups in total. The molecule has 7 nitrogen and oxygen atoms in total. The van der Waals surface area contributed by atoms with Crippen LogP contribution >= 0.6 is 22.9 Å². The first-order chi connectivity index (χ1) is 16.0. The molecule has 0 saturated carbocycles. The minimum Gasteiger partial charge on any atom is -0.503 e. The molecule has 0 aliphatic carbocycles. The van der Waals surface area contributed by atoms with E-state index in [1.54, 1.807) is 42.5 Å². The molecule has 2 aromatic heterocycles. The molecule has 9 heteroatoms. The molecule has 3 heterocycles. The number of Topliss-reactive ketones (excluding diaryl/α,β-unsaturated/α-hetero) is 1. The maximum absolute atomic E-state index is 13.2. The number of hydrogen-bond acceptors (Lipinski definition) is 7. The summed E-state index contributed by atoms with van der Waals surface area (Å²) in [5, 5.41) is 11.6. The summed E-state index contributed by atoms with van der Waals surface area (Å²) in [7, 11) is 0. The van der Waals surface area contributed by atoms with Crippen molar-refractivity contribution in [1.29, 1.82) is 0 Å². The number of ether oxygens (including phenoxy) is 1. The van der Waals surface area contributed by atoms with Gasteiger partial charge in [-0.2, -0.15) is 0 Å². The van der Waals surface area contributed by atoms with Gasteiger partial charge in [0.25, 0.3) is 5.91 Å². The first-order valence-corrected chi connectivity index (χ1v) is 11.3. The minimum atomic E-state index is -0.930. The van der Waals surface area contributed by atoms with E-state index in [0.717, 1.165) is 4.70 Å². The van der Waals surface area contributed by atoms with E-state index in [1.165, 1.54) is 28.6 Å². The minimum absolute atomic E-state index is 0.0175. The molecule has 0 spiro atoms. The van der Waals surface area contributed by atoms with E-state index < -0.39 is 23.5 Å². The SMILES string of the molecule is CCOc1ccc2nc(N3C(=O)C(O)=C(C(=O)c4ccco4)C3c3cccc(Cl)c3)sc2c1.